The van der Waals surface area contributed by atoms with Crippen molar-refractivity contribution in [1.29, 1.82) is 0 Å². The van der Waals surface area contributed by atoms with Gasteiger partial charge in [-0.1, -0.05) is 36.4 Å². The van der Waals surface area contributed by atoms with Gasteiger partial charge < -0.3 is 0 Å². The van der Waals surface area contributed by atoms with E-state index in [4.69, 9.17) is 0 Å². The molecule has 0 saturated carbocycles. The minimum absolute atomic E-state index is 1.02. The molecule has 134 valence electrons. The molecule has 0 aliphatic carbocycles. The normalized spacial score (nSPS) is 13.9. The summed E-state index contributed by atoms with van der Waals surface area (Å²) in [6.45, 7) is 12.5. The quantitative estimate of drug-likeness (QED) is 0.579. The van der Waals surface area contributed by atoms with Crippen LogP contribution in [0.2, 0.25) is 0 Å². The second kappa shape index (κ2) is 9.10. The standard InChI is InChI=1S/C24H28N2/c1-17(13-15-19(3)23-11-7-9-21(5)25-23)18(2)14-16-20(4)24-12-8-10-22(6)26-24/h7-16H,1-6H3/b17-13+,18-14+,19-15+,20-16+. The summed E-state index contributed by atoms with van der Waals surface area (Å²) in [6.07, 6.45) is 8.57. The minimum atomic E-state index is 1.02. The Kier molecular flexibility index (Phi) is 6.85. The van der Waals surface area contributed by atoms with Gasteiger partial charge in [0, 0.05) is 11.4 Å². The van der Waals surface area contributed by atoms with Crippen molar-refractivity contribution in [1.82, 2.24) is 9.97 Å². The van der Waals surface area contributed by atoms with Crippen LogP contribution in [0.25, 0.3) is 11.1 Å². The van der Waals surface area contributed by atoms with Crippen molar-refractivity contribution in [2.24, 2.45) is 0 Å². The van der Waals surface area contributed by atoms with Crippen LogP contribution in [0, 0.1) is 13.8 Å². The van der Waals surface area contributed by atoms with Crippen LogP contribution in [-0.2, 0) is 0 Å². The molecular formula is C24H28N2. The van der Waals surface area contributed by atoms with Gasteiger partial charge in [-0.05, 0) is 88.1 Å². The fourth-order valence-electron chi connectivity index (χ4n) is 2.46. The average Bonchev–Trinajstić information content (AvgIpc) is 2.63. The van der Waals surface area contributed by atoms with E-state index in [1.807, 2.05) is 50.2 Å². The molecule has 0 unspecified atom stereocenters. The second-order valence-electron chi connectivity index (χ2n) is 6.73. The Morgan fingerprint density at radius 1 is 0.615 bits per heavy atom. The first-order chi connectivity index (χ1) is 12.4. The first kappa shape index (κ1) is 19.6. The van der Waals surface area contributed by atoms with Crippen molar-refractivity contribution >= 4 is 11.1 Å². The molecule has 0 amide bonds. The second-order valence-corrected chi connectivity index (χ2v) is 6.73. The summed E-state index contributed by atoms with van der Waals surface area (Å²) >= 11 is 0. The summed E-state index contributed by atoms with van der Waals surface area (Å²) in [5.74, 6) is 0. The first-order valence-corrected chi connectivity index (χ1v) is 8.95. The van der Waals surface area contributed by atoms with E-state index < -0.39 is 0 Å². The van der Waals surface area contributed by atoms with Crippen molar-refractivity contribution in [3.8, 4) is 0 Å². The van der Waals surface area contributed by atoms with Gasteiger partial charge in [-0.3, -0.25) is 9.97 Å². The number of rotatable bonds is 5. The highest BCUT2D eigenvalue weighted by Crippen LogP contribution is 2.16. The van der Waals surface area contributed by atoms with E-state index in [2.05, 4.69) is 62.0 Å². The van der Waals surface area contributed by atoms with Crippen LogP contribution in [0.1, 0.15) is 50.5 Å². The molecule has 2 aromatic heterocycles. The predicted molar refractivity (Wildman–Crippen MR) is 113 cm³/mol. The zero-order chi connectivity index (χ0) is 19.1. The summed E-state index contributed by atoms with van der Waals surface area (Å²) in [7, 11) is 0. The molecule has 0 saturated heterocycles. The zero-order valence-electron chi connectivity index (χ0n) is 16.7. The first-order valence-electron chi connectivity index (χ1n) is 8.95. The predicted octanol–water partition coefficient (Wildman–Crippen LogP) is 6.49. The Balaban J connectivity index is 2.16. The SMILES string of the molecule is CC(=C\C=C(/C)c1cccc(C)n1)/C(C)=C/C=C(\C)c1cccc(C)n1. The van der Waals surface area contributed by atoms with Crippen LogP contribution in [-0.4, -0.2) is 9.97 Å². The minimum Gasteiger partial charge on any atom is -0.253 e. The van der Waals surface area contributed by atoms with Crippen LogP contribution in [0.3, 0.4) is 0 Å². The molecule has 2 aromatic rings. The van der Waals surface area contributed by atoms with Crippen LogP contribution >= 0.6 is 0 Å². The van der Waals surface area contributed by atoms with Gasteiger partial charge in [0.1, 0.15) is 0 Å². The fourth-order valence-corrected chi connectivity index (χ4v) is 2.46. The third-order valence-electron chi connectivity index (χ3n) is 4.37. The van der Waals surface area contributed by atoms with Crippen LogP contribution in [0.15, 0.2) is 71.8 Å². The van der Waals surface area contributed by atoms with E-state index in [-0.39, 0.29) is 0 Å². The van der Waals surface area contributed by atoms with E-state index in [1.165, 1.54) is 11.1 Å². The van der Waals surface area contributed by atoms with Crippen molar-refractivity contribution < 1.29 is 0 Å². The van der Waals surface area contributed by atoms with E-state index in [0.29, 0.717) is 0 Å². The van der Waals surface area contributed by atoms with Gasteiger partial charge in [0.2, 0.25) is 0 Å². The lowest BCUT2D eigenvalue weighted by Crippen LogP contribution is -1.88. The maximum atomic E-state index is 4.57. The monoisotopic (exact) mass is 344 g/mol. The molecule has 0 bridgehead atoms. The maximum Gasteiger partial charge on any atom is 0.0661 e. The molecule has 0 fully saturated rings. The summed E-state index contributed by atoms with van der Waals surface area (Å²) in [5, 5.41) is 0. The van der Waals surface area contributed by atoms with Crippen LogP contribution in [0.5, 0.6) is 0 Å². The lowest BCUT2D eigenvalue weighted by atomic mass is 10.1. The molecule has 0 aromatic carbocycles. The maximum absolute atomic E-state index is 4.57. The third-order valence-corrected chi connectivity index (χ3v) is 4.37. The summed E-state index contributed by atoms with van der Waals surface area (Å²) < 4.78 is 0. The van der Waals surface area contributed by atoms with Gasteiger partial charge in [-0.15, -0.1) is 0 Å². The van der Waals surface area contributed by atoms with Crippen LogP contribution < -0.4 is 0 Å². The number of hydrogen-bond acceptors (Lipinski definition) is 2. The molecule has 2 heteroatoms. The van der Waals surface area contributed by atoms with Gasteiger partial charge in [-0.2, -0.15) is 0 Å². The lowest BCUT2D eigenvalue weighted by Gasteiger charge is -2.03. The van der Waals surface area contributed by atoms with Gasteiger partial charge in [0.15, 0.2) is 0 Å². The number of nitrogens with zero attached hydrogens (tertiary/aromatic N) is 2. The molecule has 0 radical (unpaired) electrons. The van der Waals surface area contributed by atoms with E-state index in [0.717, 1.165) is 33.9 Å². The number of allylic oxidation sites excluding steroid dienone is 8. The van der Waals surface area contributed by atoms with Gasteiger partial charge in [-0.25, -0.2) is 0 Å². The molecule has 2 heterocycles. The molecule has 2 nitrogen and oxygen atoms in total. The molecule has 0 spiro atoms. The molecule has 26 heavy (non-hydrogen) atoms. The highest BCUT2D eigenvalue weighted by molar-refractivity contribution is 5.64. The largest absolute Gasteiger partial charge is 0.253 e. The summed E-state index contributed by atoms with van der Waals surface area (Å²) in [5.41, 5.74) is 8.92. The Bertz CT molecular complexity index is 820. The van der Waals surface area contributed by atoms with Crippen molar-refractivity contribution in [2.75, 3.05) is 0 Å². The zero-order valence-corrected chi connectivity index (χ0v) is 16.7. The Hall–Kier alpha value is -2.74. The third kappa shape index (κ3) is 5.66. The fraction of sp³-hybridized carbons (Fsp3) is 0.250. The number of aryl methyl sites for hydroxylation is 2. The molecule has 0 N–H and O–H groups in total. The van der Waals surface area contributed by atoms with Gasteiger partial charge >= 0.3 is 0 Å². The molecule has 2 rings (SSSR count). The highest BCUT2D eigenvalue weighted by atomic mass is 14.7. The molecule has 0 aliphatic heterocycles. The highest BCUT2D eigenvalue weighted by Gasteiger charge is 1.98. The average molecular weight is 345 g/mol. The Morgan fingerprint density at radius 3 is 1.35 bits per heavy atom. The van der Waals surface area contributed by atoms with E-state index in [1.54, 1.807) is 0 Å². The van der Waals surface area contributed by atoms with Crippen molar-refractivity contribution in [3.05, 3.63) is 94.6 Å². The Morgan fingerprint density at radius 2 is 1.00 bits per heavy atom. The molecular weight excluding hydrogens is 316 g/mol. The van der Waals surface area contributed by atoms with Crippen molar-refractivity contribution in [3.63, 3.8) is 0 Å². The smallest absolute Gasteiger partial charge is 0.0661 e. The number of pyridine rings is 2. The lowest BCUT2D eigenvalue weighted by molar-refractivity contribution is 1.16. The number of aromatic nitrogens is 2. The Labute approximate surface area is 157 Å². The molecule has 0 atom stereocenters. The van der Waals surface area contributed by atoms with E-state index in [9.17, 15) is 0 Å². The van der Waals surface area contributed by atoms with Gasteiger partial charge in [0.05, 0.1) is 11.4 Å². The topological polar surface area (TPSA) is 25.8 Å². The van der Waals surface area contributed by atoms with E-state index >= 15 is 0 Å². The number of hydrogen-bond donors (Lipinski definition) is 0. The van der Waals surface area contributed by atoms with Crippen molar-refractivity contribution in [2.45, 2.75) is 41.5 Å². The molecule has 0 aliphatic rings. The summed E-state index contributed by atoms with van der Waals surface area (Å²) in [4.78, 5) is 9.13. The summed E-state index contributed by atoms with van der Waals surface area (Å²) in [6, 6.07) is 12.2. The van der Waals surface area contributed by atoms with Gasteiger partial charge in [0.25, 0.3) is 0 Å². The van der Waals surface area contributed by atoms with Crippen LogP contribution in [0.4, 0.5) is 0 Å².